The minimum atomic E-state index is -1.87. The van der Waals surface area contributed by atoms with Crippen LogP contribution in [0.5, 0.6) is 0 Å². The van der Waals surface area contributed by atoms with Crippen molar-refractivity contribution >= 4 is 17.7 Å². The van der Waals surface area contributed by atoms with Gasteiger partial charge in [-0.2, -0.15) is 0 Å². The monoisotopic (exact) mass is 546 g/mol. The zero-order chi connectivity index (χ0) is 29.3. The van der Waals surface area contributed by atoms with E-state index in [1.54, 1.807) is 0 Å². The molecule has 0 amide bonds. The highest BCUT2D eigenvalue weighted by Crippen LogP contribution is 2.65. The number of hydrogen-bond acceptors (Lipinski definition) is 7. The predicted molar refractivity (Wildman–Crippen MR) is 144 cm³/mol. The first-order valence-corrected chi connectivity index (χ1v) is 14.4. The molecule has 2 bridgehead atoms. The Morgan fingerprint density at radius 3 is 2.38 bits per heavy atom. The zero-order valence-corrected chi connectivity index (χ0v) is 24.5. The van der Waals surface area contributed by atoms with Gasteiger partial charge in [0.1, 0.15) is 11.7 Å². The fraction of sp³-hybridized carbons (Fsp3) is 0.774. The third kappa shape index (κ3) is 4.51. The lowest BCUT2D eigenvalue weighted by Gasteiger charge is -2.56. The maximum absolute atomic E-state index is 13.9. The molecule has 0 spiro atoms. The van der Waals surface area contributed by atoms with E-state index in [0.29, 0.717) is 17.9 Å². The predicted octanol–water partition coefficient (Wildman–Crippen LogP) is 4.57. The molecule has 39 heavy (non-hydrogen) atoms. The van der Waals surface area contributed by atoms with Crippen LogP contribution in [-0.4, -0.2) is 56.6 Å². The van der Waals surface area contributed by atoms with E-state index in [9.17, 15) is 29.7 Å². The van der Waals surface area contributed by atoms with E-state index >= 15 is 0 Å². The van der Waals surface area contributed by atoms with Gasteiger partial charge in [-0.1, -0.05) is 39.8 Å². The Hall–Kier alpha value is -2.03. The number of esters is 1. The summed E-state index contributed by atoms with van der Waals surface area (Å²) in [5.41, 5.74) is -1.44. The molecule has 0 radical (unpaired) electrons. The summed E-state index contributed by atoms with van der Waals surface area (Å²) >= 11 is 0. The first-order chi connectivity index (χ1) is 17.9. The summed E-state index contributed by atoms with van der Waals surface area (Å²) in [6.07, 6.45) is 0.703. The van der Waals surface area contributed by atoms with Crippen LogP contribution in [0.2, 0.25) is 0 Å². The molecule has 8 nitrogen and oxygen atoms in total. The van der Waals surface area contributed by atoms with Gasteiger partial charge in [-0.05, 0) is 74.2 Å². The van der Waals surface area contributed by atoms with Crippen molar-refractivity contribution in [3.63, 3.8) is 0 Å². The second-order valence-corrected chi connectivity index (χ2v) is 13.6. The summed E-state index contributed by atoms with van der Waals surface area (Å²) in [4.78, 5) is 38.8. The Labute approximate surface area is 231 Å². The molecule has 1 saturated carbocycles. The smallest absolute Gasteiger partial charge is 0.312 e. The molecule has 9 atom stereocenters. The van der Waals surface area contributed by atoms with Crippen LogP contribution in [0.1, 0.15) is 93.4 Å². The highest BCUT2D eigenvalue weighted by molar-refractivity contribution is 6.00. The Morgan fingerprint density at radius 1 is 1.18 bits per heavy atom. The summed E-state index contributed by atoms with van der Waals surface area (Å²) in [5.74, 6) is -4.29. The van der Waals surface area contributed by atoms with Crippen molar-refractivity contribution in [3.05, 3.63) is 23.3 Å². The Bertz CT molecular complexity index is 1110. The number of allylic oxidation sites excluding steroid dienone is 1. The summed E-state index contributed by atoms with van der Waals surface area (Å²) < 4.78 is 12.4. The van der Waals surface area contributed by atoms with Gasteiger partial charge in [-0.25, -0.2) is 0 Å². The van der Waals surface area contributed by atoms with E-state index in [2.05, 4.69) is 27.4 Å². The molecule has 8 heteroatoms. The van der Waals surface area contributed by atoms with Crippen molar-refractivity contribution in [2.45, 2.75) is 117 Å². The van der Waals surface area contributed by atoms with Crippen LogP contribution in [0.15, 0.2) is 23.3 Å². The molecule has 218 valence electrons. The van der Waals surface area contributed by atoms with Crippen LogP contribution >= 0.6 is 0 Å². The number of ether oxygens (including phenoxy) is 2. The summed E-state index contributed by atoms with van der Waals surface area (Å²) in [7, 11) is 0. The SMILES string of the molecule is C=C(CCC(C)C1CC2(O)OC1(C)C(OC(C)=O)CC1=C2C(=O)CC2C1(C)CCC(O)C2(C)C(=O)O)C(C)C. The molecule has 4 aliphatic rings. The Morgan fingerprint density at radius 2 is 1.82 bits per heavy atom. The van der Waals surface area contributed by atoms with Crippen LogP contribution in [0, 0.1) is 34.5 Å². The van der Waals surface area contributed by atoms with Crippen molar-refractivity contribution in [2.24, 2.45) is 34.5 Å². The van der Waals surface area contributed by atoms with Crippen LogP contribution < -0.4 is 0 Å². The Balaban J connectivity index is 1.82. The molecule has 4 rings (SSSR count). The maximum atomic E-state index is 13.9. The van der Waals surface area contributed by atoms with Gasteiger partial charge < -0.3 is 24.8 Å². The number of carbonyl (C=O) groups is 3. The maximum Gasteiger partial charge on any atom is 0.312 e. The number of aliphatic hydroxyl groups excluding tert-OH is 1. The lowest BCUT2D eigenvalue weighted by molar-refractivity contribution is -0.227. The van der Waals surface area contributed by atoms with Gasteiger partial charge in [0.05, 0.1) is 17.1 Å². The summed E-state index contributed by atoms with van der Waals surface area (Å²) in [6.45, 7) is 17.2. The summed E-state index contributed by atoms with van der Waals surface area (Å²) in [6, 6.07) is 0. The van der Waals surface area contributed by atoms with Crippen LogP contribution in [0.25, 0.3) is 0 Å². The van der Waals surface area contributed by atoms with Gasteiger partial charge in [-0.15, -0.1) is 0 Å². The lowest BCUT2D eigenvalue weighted by Crippen LogP contribution is -2.59. The number of aliphatic hydroxyl groups is 2. The van der Waals surface area contributed by atoms with Crippen molar-refractivity contribution in [1.29, 1.82) is 0 Å². The third-order valence-corrected chi connectivity index (χ3v) is 11.0. The van der Waals surface area contributed by atoms with Crippen molar-refractivity contribution in [3.8, 4) is 0 Å². The lowest BCUT2D eigenvalue weighted by atomic mass is 9.47. The minimum absolute atomic E-state index is 0.0851. The van der Waals surface area contributed by atoms with E-state index in [1.165, 1.54) is 13.8 Å². The van der Waals surface area contributed by atoms with Crippen LogP contribution in [0.3, 0.4) is 0 Å². The third-order valence-electron chi connectivity index (χ3n) is 11.0. The second-order valence-electron chi connectivity index (χ2n) is 13.6. The molecule has 3 N–H and O–H groups in total. The molecule has 0 aromatic carbocycles. The van der Waals surface area contributed by atoms with Gasteiger partial charge in [0.2, 0.25) is 0 Å². The van der Waals surface area contributed by atoms with E-state index < -0.39 is 52.3 Å². The van der Waals surface area contributed by atoms with Gasteiger partial charge in [0, 0.05) is 26.2 Å². The van der Waals surface area contributed by atoms with Crippen molar-refractivity contribution in [2.75, 3.05) is 0 Å². The average molecular weight is 547 g/mol. The van der Waals surface area contributed by atoms with Crippen molar-refractivity contribution in [1.82, 2.24) is 0 Å². The number of aliphatic carboxylic acids is 1. The molecule has 2 heterocycles. The number of rotatable bonds is 7. The van der Waals surface area contributed by atoms with E-state index in [-0.39, 0.29) is 48.9 Å². The number of carboxylic acids is 1. The zero-order valence-electron chi connectivity index (χ0n) is 24.5. The normalized spacial score (nSPS) is 42.5. The molecule has 1 saturated heterocycles. The summed E-state index contributed by atoms with van der Waals surface area (Å²) in [5, 5.41) is 33.2. The van der Waals surface area contributed by atoms with Gasteiger partial charge >= 0.3 is 11.9 Å². The quantitative estimate of drug-likeness (QED) is 0.313. The molecule has 2 aliphatic carbocycles. The van der Waals surface area contributed by atoms with E-state index in [1.807, 2.05) is 13.8 Å². The highest BCUT2D eigenvalue weighted by Gasteiger charge is 2.68. The van der Waals surface area contributed by atoms with Crippen molar-refractivity contribution < 1.29 is 39.2 Å². The highest BCUT2D eigenvalue weighted by atomic mass is 16.7. The first kappa shape index (κ1) is 29.9. The molecule has 9 unspecified atom stereocenters. The molecular formula is C31H46O8. The number of Topliss-reactive ketones (excluding diaryl/α,β-unsaturated/α-hetero) is 1. The van der Waals surface area contributed by atoms with Gasteiger partial charge in [0.25, 0.3) is 0 Å². The number of fused-ring (bicyclic) bond motifs is 5. The minimum Gasteiger partial charge on any atom is -0.481 e. The Kier molecular flexibility index (Phi) is 7.53. The van der Waals surface area contributed by atoms with E-state index in [4.69, 9.17) is 9.47 Å². The number of hydrogen-bond donors (Lipinski definition) is 3. The van der Waals surface area contributed by atoms with Crippen LogP contribution in [0.4, 0.5) is 0 Å². The topological polar surface area (TPSA) is 130 Å². The van der Waals surface area contributed by atoms with E-state index in [0.717, 1.165) is 18.4 Å². The molecular weight excluding hydrogens is 500 g/mol. The average Bonchev–Trinajstić information content (AvgIpc) is 3.07. The molecule has 2 aliphatic heterocycles. The molecule has 0 aromatic rings. The number of ketones is 1. The van der Waals surface area contributed by atoms with Gasteiger partial charge in [0.15, 0.2) is 11.6 Å². The fourth-order valence-corrected chi connectivity index (χ4v) is 8.28. The number of carbonyl (C=O) groups excluding carboxylic acids is 2. The fourth-order valence-electron chi connectivity index (χ4n) is 8.28. The standard InChI is InChI=1S/C31H46O8/c1-16(2)17(3)9-10-18(4)21-15-31(37)26-20(13-25(38-19(5)32)30(21,8)39-31)28(6)12-11-24(34)29(7,27(35)36)23(28)14-22(26)33/h16,18,21,23-25,34,37H,3,9-15H2,1-2,4-8H3,(H,35,36). The van der Waals surface area contributed by atoms with Crippen LogP contribution in [-0.2, 0) is 23.9 Å². The number of carboxylic acid groups (broad SMARTS) is 1. The molecule has 0 aromatic heterocycles. The largest absolute Gasteiger partial charge is 0.481 e. The van der Waals surface area contributed by atoms with Gasteiger partial charge in [-0.3, -0.25) is 14.4 Å². The molecule has 2 fully saturated rings. The first-order valence-electron chi connectivity index (χ1n) is 14.4. The second kappa shape index (κ2) is 9.81.